The Bertz CT molecular complexity index is 1010. The molecule has 4 rings (SSSR count). The second-order valence-corrected chi connectivity index (χ2v) is 13.3. The molecule has 3 heterocycles. The van der Waals surface area contributed by atoms with Crippen LogP contribution in [0.25, 0.3) is 0 Å². The Kier molecular flexibility index (Phi) is 15.9. The molecule has 0 radical (unpaired) electrons. The van der Waals surface area contributed by atoms with Crippen molar-refractivity contribution in [2.75, 3.05) is 39.4 Å². The zero-order valence-electron chi connectivity index (χ0n) is 27.6. The Morgan fingerprint density at radius 2 is 1.49 bits per heavy atom. The largest absolute Gasteiger partial charge is 0.394 e. The van der Waals surface area contributed by atoms with Crippen LogP contribution in [0.5, 0.6) is 0 Å². The van der Waals surface area contributed by atoms with Gasteiger partial charge in [-0.3, -0.25) is 0 Å². The van der Waals surface area contributed by atoms with E-state index in [1.807, 2.05) is 6.08 Å². The number of hydrogen-bond donors (Lipinski definition) is 13. The summed E-state index contributed by atoms with van der Waals surface area (Å²) in [6.07, 6.45) is -11.4. The summed E-state index contributed by atoms with van der Waals surface area (Å²) in [6.45, 7) is 0.485. The molecule has 49 heavy (non-hydrogen) atoms. The maximum atomic E-state index is 11.6. The minimum absolute atomic E-state index is 0.156. The van der Waals surface area contributed by atoms with Crippen molar-refractivity contribution in [1.82, 2.24) is 5.32 Å². The average molecular weight is 711 g/mol. The Morgan fingerprint density at radius 1 is 0.796 bits per heavy atom. The topological polar surface area (TPSA) is 339 Å². The summed E-state index contributed by atoms with van der Waals surface area (Å²) in [7, 11) is 0. The summed E-state index contributed by atoms with van der Waals surface area (Å²) < 4.78 is 36.1. The van der Waals surface area contributed by atoms with Gasteiger partial charge >= 0.3 is 0 Å². The van der Waals surface area contributed by atoms with E-state index in [0.29, 0.717) is 19.6 Å². The van der Waals surface area contributed by atoms with Crippen LogP contribution in [-0.2, 0) is 28.4 Å². The molecule has 19 heteroatoms. The summed E-state index contributed by atoms with van der Waals surface area (Å²) in [4.78, 5) is 0. The van der Waals surface area contributed by atoms with E-state index in [4.69, 9.17) is 57.1 Å². The highest BCUT2D eigenvalue weighted by molar-refractivity contribution is 5.05. The molecule has 4 aliphatic rings. The van der Waals surface area contributed by atoms with E-state index in [9.17, 15) is 35.7 Å². The summed E-state index contributed by atoms with van der Waals surface area (Å²) >= 11 is 0. The molecule has 3 aliphatic heterocycles. The van der Waals surface area contributed by atoms with Crippen molar-refractivity contribution in [1.29, 1.82) is 0 Å². The Hall–Kier alpha value is -1.02. The predicted molar refractivity (Wildman–Crippen MR) is 171 cm³/mol. The summed E-state index contributed by atoms with van der Waals surface area (Å²) in [5.41, 5.74) is 30.2. The smallest absolute Gasteiger partial charge is 0.187 e. The van der Waals surface area contributed by atoms with Crippen LogP contribution in [0.3, 0.4) is 0 Å². The lowest BCUT2D eigenvalue weighted by Gasteiger charge is -2.46. The maximum absolute atomic E-state index is 11.6. The van der Waals surface area contributed by atoms with Crippen LogP contribution in [-0.4, -0.2) is 179 Å². The van der Waals surface area contributed by atoms with Gasteiger partial charge in [0, 0.05) is 19.1 Å². The molecule has 0 spiro atoms. The molecular weight excluding hydrogens is 652 g/mol. The number of rotatable bonds is 17. The molecule has 0 amide bonds. The van der Waals surface area contributed by atoms with E-state index in [2.05, 4.69) is 5.32 Å². The predicted octanol–water partition coefficient (Wildman–Crippen LogP) is -6.66. The van der Waals surface area contributed by atoms with Crippen molar-refractivity contribution in [3.8, 4) is 0 Å². The molecule has 0 aromatic carbocycles. The molecule has 0 bridgehead atoms. The van der Waals surface area contributed by atoms with Crippen LogP contribution < -0.4 is 34.0 Å². The third-order valence-electron chi connectivity index (χ3n) is 9.62. The zero-order valence-corrected chi connectivity index (χ0v) is 27.6. The fourth-order valence-electron chi connectivity index (χ4n) is 6.68. The molecule has 0 aromatic heterocycles. The number of hydrogen-bond acceptors (Lipinski definition) is 19. The van der Waals surface area contributed by atoms with Crippen LogP contribution in [0.4, 0.5) is 0 Å². The average Bonchev–Trinajstić information content (AvgIpc) is 3.39. The fraction of sp³-hybridized carbons (Fsp3) is 0.933. The van der Waals surface area contributed by atoms with Gasteiger partial charge in [0.05, 0.1) is 43.6 Å². The van der Waals surface area contributed by atoms with Gasteiger partial charge in [0.1, 0.15) is 48.8 Å². The first-order valence-electron chi connectivity index (χ1n) is 17.0. The van der Waals surface area contributed by atoms with Crippen LogP contribution in [0, 0.1) is 5.92 Å². The van der Waals surface area contributed by atoms with Crippen LogP contribution >= 0.6 is 0 Å². The Balaban J connectivity index is 1.51. The van der Waals surface area contributed by atoms with E-state index in [-0.39, 0.29) is 31.9 Å². The van der Waals surface area contributed by atoms with Crippen LogP contribution in [0.15, 0.2) is 12.2 Å². The summed E-state index contributed by atoms with van der Waals surface area (Å²) in [6, 6.07) is -2.65. The molecule has 18 N–H and O–H groups in total. The quantitative estimate of drug-likeness (QED) is 0.0493. The SMILES string of the molecule is NCCCNC[C@@H]1C=C[C@@H](N)[C@@H](O[C@H]2[C@H](O[C@@H]3O[C@H](CO)[C@@H](O[C@H]4O[C@@H](CN)[C@@H](O)[C@H](O)[C@H]4N)[C@H]3O)[C@@H](O)[C@H](CCC(O)CO)C[C@@H]2N)O1. The van der Waals surface area contributed by atoms with Crippen LogP contribution in [0.2, 0.25) is 0 Å². The molecule has 19 nitrogen and oxygen atoms in total. The van der Waals surface area contributed by atoms with Gasteiger partial charge < -0.3 is 98.2 Å². The van der Waals surface area contributed by atoms with E-state index >= 15 is 0 Å². The van der Waals surface area contributed by atoms with Gasteiger partial charge in [-0.15, -0.1) is 0 Å². The van der Waals surface area contributed by atoms with E-state index in [1.54, 1.807) is 6.08 Å². The van der Waals surface area contributed by atoms with Crippen LogP contribution in [0.1, 0.15) is 25.7 Å². The number of ether oxygens (including phenoxy) is 6. The minimum Gasteiger partial charge on any atom is -0.394 e. The second kappa shape index (κ2) is 19.2. The van der Waals surface area contributed by atoms with Crippen molar-refractivity contribution in [3.05, 3.63) is 12.2 Å². The molecule has 18 atom stereocenters. The molecule has 3 fully saturated rings. The van der Waals surface area contributed by atoms with E-state index in [1.165, 1.54) is 0 Å². The standard InChI is InChI=1S/C30H58N6O13/c31-6-1-7-36-10-15-4-5-16(33)28(44-15)47-25-17(34)8-13(2-3-14(39)11-37)21(40)27(25)49-30-24(43)26(19(12-38)46-30)48-29-20(35)23(42)22(41)18(9-32)45-29/h4-5,13-30,36-43H,1-3,6-12,31-35H2/t13-,14?,15+,16-,17+,18+,19-,20-,21+,22-,23-,24-,25-,26-,27-,28-,29-,30+/m1/s1. The van der Waals surface area contributed by atoms with Gasteiger partial charge in [-0.1, -0.05) is 12.2 Å². The molecule has 286 valence electrons. The van der Waals surface area contributed by atoms with Crippen molar-refractivity contribution in [2.45, 2.75) is 130 Å². The number of nitrogens with two attached hydrogens (primary N) is 5. The maximum Gasteiger partial charge on any atom is 0.187 e. The first-order valence-corrected chi connectivity index (χ1v) is 17.0. The van der Waals surface area contributed by atoms with Gasteiger partial charge in [-0.2, -0.15) is 0 Å². The monoisotopic (exact) mass is 710 g/mol. The lowest BCUT2D eigenvalue weighted by molar-refractivity contribution is -0.286. The third-order valence-corrected chi connectivity index (χ3v) is 9.62. The van der Waals surface area contributed by atoms with Gasteiger partial charge in [0.25, 0.3) is 0 Å². The van der Waals surface area contributed by atoms with Gasteiger partial charge in [-0.25, -0.2) is 0 Å². The molecule has 2 saturated heterocycles. The first kappa shape index (κ1) is 40.7. The highest BCUT2D eigenvalue weighted by Gasteiger charge is 2.53. The van der Waals surface area contributed by atoms with Crippen molar-refractivity contribution in [2.24, 2.45) is 34.6 Å². The normalized spacial score (nSPS) is 45.1. The summed E-state index contributed by atoms with van der Waals surface area (Å²) in [5, 5.41) is 76.3. The molecule has 1 aliphatic carbocycles. The minimum atomic E-state index is -1.57. The second-order valence-electron chi connectivity index (χ2n) is 13.3. The van der Waals surface area contributed by atoms with Gasteiger partial charge in [-0.05, 0) is 44.7 Å². The summed E-state index contributed by atoms with van der Waals surface area (Å²) in [5.74, 6) is -0.504. The number of aliphatic hydroxyl groups excluding tert-OH is 7. The van der Waals surface area contributed by atoms with Crippen molar-refractivity contribution >= 4 is 0 Å². The zero-order chi connectivity index (χ0) is 35.8. The first-order chi connectivity index (χ1) is 23.4. The molecular formula is C30H58N6O13. The lowest BCUT2D eigenvalue weighted by atomic mass is 9.77. The Morgan fingerprint density at radius 3 is 2.16 bits per heavy atom. The van der Waals surface area contributed by atoms with Gasteiger partial charge in [0.15, 0.2) is 18.9 Å². The highest BCUT2D eigenvalue weighted by atomic mass is 16.8. The van der Waals surface area contributed by atoms with E-state index in [0.717, 1.165) is 6.42 Å². The van der Waals surface area contributed by atoms with E-state index < -0.39 is 117 Å². The number of nitrogens with one attached hydrogen (secondary N) is 1. The third kappa shape index (κ3) is 10.1. The number of aliphatic hydroxyl groups is 7. The van der Waals surface area contributed by atoms with Gasteiger partial charge in [0.2, 0.25) is 0 Å². The highest BCUT2D eigenvalue weighted by Crippen LogP contribution is 2.37. The molecule has 1 saturated carbocycles. The lowest BCUT2D eigenvalue weighted by Crippen LogP contribution is -2.64. The molecule has 0 aromatic rings. The Labute approximate surface area is 285 Å². The van der Waals surface area contributed by atoms with Crippen molar-refractivity contribution < 1.29 is 64.2 Å². The fourth-order valence-corrected chi connectivity index (χ4v) is 6.68. The van der Waals surface area contributed by atoms with Crippen molar-refractivity contribution in [3.63, 3.8) is 0 Å². The molecule has 1 unspecified atom stereocenters.